The molecule has 1 aromatic carbocycles. The van der Waals surface area contributed by atoms with Crippen molar-refractivity contribution in [2.75, 3.05) is 5.75 Å². The van der Waals surface area contributed by atoms with Crippen LogP contribution in [0, 0.1) is 10.1 Å². The van der Waals surface area contributed by atoms with E-state index in [4.69, 9.17) is 9.84 Å². The van der Waals surface area contributed by atoms with Gasteiger partial charge >= 0.3 is 5.97 Å². The van der Waals surface area contributed by atoms with E-state index in [1.54, 1.807) is 0 Å². The molecule has 0 aromatic heterocycles. The Kier molecular flexibility index (Phi) is 6.62. The molecule has 12 heteroatoms. The van der Waals surface area contributed by atoms with E-state index in [-0.39, 0.29) is 5.75 Å². The number of carboxylic acid groups (broad SMARTS) is 1. The van der Waals surface area contributed by atoms with Crippen LogP contribution in [0.15, 0.2) is 23.1 Å². The molecule has 2 rings (SSSR count). The lowest BCUT2D eigenvalue weighted by molar-refractivity contribution is -0.385. The van der Waals surface area contributed by atoms with E-state index in [9.17, 15) is 35.3 Å². The number of ether oxygens (including phenoxy) is 1. The topological polar surface area (TPSA) is 171 Å². The molecule has 0 aliphatic carbocycles. The highest BCUT2D eigenvalue weighted by Gasteiger charge is 2.42. The van der Waals surface area contributed by atoms with E-state index in [0.29, 0.717) is 4.90 Å². The molecule has 10 nitrogen and oxygen atoms in total. The molecule has 5 atom stereocenters. The quantitative estimate of drug-likeness (QED) is 0.247. The van der Waals surface area contributed by atoms with Crippen LogP contribution in [0.1, 0.15) is 10.4 Å². The number of aromatic carboxylic acids is 1. The van der Waals surface area contributed by atoms with E-state index in [2.05, 4.69) is 0 Å². The van der Waals surface area contributed by atoms with Crippen LogP contribution >= 0.6 is 21.6 Å². The SMILES string of the molecule is O=C(O)c1cc(SSCC2OC(O)[C@H](O)C(O)[C@H]2O)ccc1[N+](=O)[O-]. The molecule has 0 bridgehead atoms. The number of rotatable bonds is 6. The van der Waals surface area contributed by atoms with Gasteiger partial charge in [0.15, 0.2) is 6.29 Å². The smallest absolute Gasteiger partial charge is 0.342 e. The summed E-state index contributed by atoms with van der Waals surface area (Å²) in [5, 5.41) is 58.1. The van der Waals surface area contributed by atoms with Gasteiger partial charge in [-0.15, -0.1) is 0 Å². The molecular weight excluding hydrogens is 378 g/mol. The van der Waals surface area contributed by atoms with E-state index >= 15 is 0 Å². The molecule has 0 amide bonds. The average molecular weight is 393 g/mol. The number of carbonyl (C=O) groups is 1. The monoisotopic (exact) mass is 393 g/mol. The number of carboxylic acids is 1. The fourth-order valence-electron chi connectivity index (χ4n) is 2.14. The van der Waals surface area contributed by atoms with Crippen molar-refractivity contribution in [1.82, 2.24) is 0 Å². The zero-order chi connectivity index (χ0) is 18.7. The lowest BCUT2D eigenvalue weighted by Crippen LogP contribution is -2.58. The van der Waals surface area contributed by atoms with Crippen molar-refractivity contribution in [3.8, 4) is 0 Å². The summed E-state index contributed by atoms with van der Waals surface area (Å²) in [5.41, 5.74) is -0.966. The molecular formula is C13H15NO9S2. The van der Waals surface area contributed by atoms with Crippen LogP contribution in [-0.4, -0.2) is 72.9 Å². The summed E-state index contributed by atoms with van der Waals surface area (Å²) in [6.07, 6.45) is -7.16. The lowest BCUT2D eigenvalue weighted by Gasteiger charge is -2.38. The maximum absolute atomic E-state index is 11.1. The largest absolute Gasteiger partial charge is 0.477 e. The number of nitro benzene ring substituents is 1. The number of aliphatic hydroxyl groups is 4. The van der Waals surface area contributed by atoms with Crippen LogP contribution < -0.4 is 0 Å². The summed E-state index contributed by atoms with van der Waals surface area (Å²) < 4.78 is 5.01. The standard InChI is InChI=1S/C13H15NO9S2/c15-9-8(23-13(20)11(17)10(9)16)4-24-25-5-1-2-7(14(21)22)6(3-5)12(18)19/h1-3,8-11,13,15-17,20H,4H2,(H,18,19)/t8?,9-,10?,11+,13?/m0/s1. The summed E-state index contributed by atoms with van der Waals surface area (Å²) in [5.74, 6) is -1.32. The van der Waals surface area contributed by atoms with Gasteiger partial charge in [-0.3, -0.25) is 10.1 Å². The van der Waals surface area contributed by atoms with E-state index in [1.165, 1.54) is 6.07 Å². The maximum Gasteiger partial charge on any atom is 0.342 e. The minimum atomic E-state index is -1.63. The molecule has 138 valence electrons. The van der Waals surface area contributed by atoms with Crippen LogP contribution in [0.2, 0.25) is 0 Å². The van der Waals surface area contributed by atoms with Gasteiger partial charge in [-0.25, -0.2) is 4.79 Å². The highest BCUT2D eigenvalue weighted by Crippen LogP contribution is 2.36. The van der Waals surface area contributed by atoms with Gasteiger partial charge in [0.25, 0.3) is 5.69 Å². The van der Waals surface area contributed by atoms with Crippen LogP contribution in [0.5, 0.6) is 0 Å². The molecule has 1 fully saturated rings. The molecule has 0 saturated carbocycles. The molecule has 3 unspecified atom stereocenters. The fourth-order valence-corrected chi connectivity index (χ4v) is 4.36. The predicted octanol–water partition coefficient (Wildman–Crippen LogP) is -0.167. The first-order valence-corrected chi connectivity index (χ1v) is 9.23. The second-order valence-corrected chi connectivity index (χ2v) is 7.56. The number of hydrogen-bond donors (Lipinski definition) is 5. The Morgan fingerprint density at radius 3 is 2.48 bits per heavy atom. The predicted molar refractivity (Wildman–Crippen MR) is 87.3 cm³/mol. The second-order valence-electron chi connectivity index (χ2n) is 5.15. The van der Waals surface area contributed by atoms with Gasteiger partial charge in [0.2, 0.25) is 0 Å². The Labute approximate surface area is 149 Å². The normalized spacial score (nSPS) is 29.4. The molecule has 1 aromatic rings. The van der Waals surface area contributed by atoms with Crippen molar-refractivity contribution >= 4 is 33.2 Å². The molecule has 1 aliphatic heterocycles. The Morgan fingerprint density at radius 1 is 1.20 bits per heavy atom. The first kappa shape index (κ1) is 19.9. The number of hydrogen-bond acceptors (Lipinski definition) is 10. The van der Waals surface area contributed by atoms with Gasteiger partial charge in [-0.2, -0.15) is 0 Å². The van der Waals surface area contributed by atoms with Crippen LogP contribution in [0.3, 0.4) is 0 Å². The average Bonchev–Trinajstić information content (AvgIpc) is 2.57. The number of nitro groups is 1. The Bertz CT molecular complexity index is 658. The van der Waals surface area contributed by atoms with Gasteiger partial charge in [-0.1, -0.05) is 21.6 Å². The fraction of sp³-hybridized carbons (Fsp3) is 0.462. The van der Waals surface area contributed by atoms with Gasteiger partial charge in [-0.05, 0) is 12.1 Å². The Hall–Kier alpha value is -1.41. The summed E-state index contributed by atoms with van der Waals surface area (Å²) in [4.78, 5) is 21.5. The summed E-state index contributed by atoms with van der Waals surface area (Å²) in [6, 6.07) is 3.62. The molecule has 5 N–H and O–H groups in total. The van der Waals surface area contributed by atoms with E-state index in [1.807, 2.05) is 0 Å². The van der Waals surface area contributed by atoms with Gasteiger partial charge < -0.3 is 30.3 Å². The Balaban J connectivity index is 1.99. The molecule has 0 spiro atoms. The van der Waals surface area contributed by atoms with Gasteiger partial charge in [0, 0.05) is 16.7 Å². The highest BCUT2D eigenvalue weighted by atomic mass is 33.1. The number of nitrogens with zero attached hydrogens (tertiary/aromatic N) is 1. The first-order valence-electron chi connectivity index (χ1n) is 6.91. The molecule has 1 saturated heterocycles. The zero-order valence-electron chi connectivity index (χ0n) is 12.5. The van der Waals surface area contributed by atoms with Crippen molar-refractivity contribution in [1.29, 1.82) is 0 Å². The van der Waals surface area contributed by atoms with Crippen LogP contribution in [0.4, 0.5) is 5.69 Å². The molecule has 1 aliphatic rings. The van der Waals surface area contributed by atoms with Crippen molar-refractivity contribution in [3.05, 3.63) is 33.9 Å². The van der Waals surface area contributed by atoms with Gasteiger partial charge in [0.05, 0.1) is 11.0 Å². The lowest BCUT2D eigenvalue weighted by atomic mass is 10.0. The third-order valence-electron chi connectivity index (χ3n) is 3.47. The summed E-state index contributed by atoms with van der Waals surface area (Å²) in [6.45, 7) is 0. The number of aliphatic hydroxyl groups excluding tert-OH is 4. The summed E-state index contributed by atoms with van der Waals surface area (Å²) in [7, 11) is 2.21. The van der Waals surface area contributed by atoms with Crippen LogP contribution in [0.25, 0.3) is 0 Å². The third kappa shape index (κ3) is 4.61. The number of benzene rings is 1. The highest BCUT2D eigenvalue weighted by molar-refractivity contribution is 8.76. The molecule has 0 radical (unpaired) electrons. The van der Waals surface area contributed by atoms with Crippen LogP contribution in [-0.2, 0) is 4.74 Å². The van der Waals surface area contributed by atoms with Crippen molar-refractivity contribution in [3.63, 3.8) is 0 Å². The van der Waals surface area contributed by atoms with Crippen molar-refractivity contribution in [2.24, 2.45) is 0 Å². The van der Waals surface area contributed by atoms with Crippen molar-refractivity contribution < 1.29 is 40.0 Å². The minimum absolute atomic E-state index is 0.103. The first-order chi connectivity index (χ1) is 11.7. The third-order valence-corrected chi connectivity index (χ3v) is 5.84. The Morgan fingerprint density at radius 2 is 1.88 bits per heavy atom. The van der Waals surface area contributed by atoms with Gasteiger partial charge in [0.1, 0.15) is 23.9 Å². The minimum Gasteiger partial charge on any atom is -0.477 e. The second kappa shape index (κ2) is 8.31. The molecule has 25 heavy (non-hydrogen) atoms. The van der Waals surface area contributed by atoms with E-state index in [0.717, 1.165) is 33.7 Å². The maximum atomic E-state index is 11.1. The summed E-state index contributed by atoms with van der Waals surface area (Å²) >= 11 is 0. The van der Waals surface area contributed by atoms with E-state index < -0.39 is 52.8 Å². The zero-order valence-corrected chi connectivity index (χ0v) is 14.1. The molecule has 1 heterocycles. The van der Waals surface area contributed by atoms with Crippen molar-refractivity contribution in [2.45, 2.75) is 35.6 Å².